The molecule has 4 rings (SSSR count). The largest absolute Gasteiger partial charge is 0.846 e. The lowest BCUT2D eigenvalue weighted by atomic mass is 10.0. The first kappa shape index (κ1) is 21.9. The Bertz CT molecular complexity index is 1260. The maximum absolute atomic E-state index is 12.8. The first-order valence-electron chi connectivity index (χ1n) is 9.58. The van der Waals surface area contributed by atoms with E-state index in [0.29, 0.717) is 6.20 Å². The SMILES string of the molecule is C[C@H](c1ccc(-c2cncnc2)cc1)[n+]1cc(N=C([O-])Nc2cncc(C(F)(F)F)c2)on1. The predicted molar refractivity (Wildman–Crippen MR) is 108 cm³/mol. The van der Waals surface area contributed by atoms with Crippen LogP contribution in [0.15, 0.2) is 77.2 Å². The van der Waals surface area contributed by atoms with Crippen molar-refractivity contribution in [3.05, 3.63) is 78.8 Å². The van der Waals surface area contributed by atoms with Crippen molar-refractivity contribution in [3.63, 3.8) is 0 Å². The average molecular weight is 455 g/mol. The van der Waals surface area contributed by atoms with Crippen molar-refractivity contribution in [2.45, 2.75) is 19.1 Å². The third-order valence-electron chi connectivity index (χ3n) is 4.68. The highest BCUT2D eigenvalue weighted by molar-refractivity contribution is 5.86. The van der Waals surface area contributed by atoms with E-state index in [1.165, 1.54) is 17.2 Å². The van der Waals surface area contributed by atoms with Crippen molar-refractivity contribution >= 4 is 17.6 Å². The summed E-state index contributed by atoms with van der Waals surface area (Å²) >= 11 is 0. The van der Waals surface area contributed by atoms with E-state index >= 15 is 0 Å². The number of rotatable bonds is 5. The fraction of sp³-hybridized carbons (Fsp3) is 0.143. The number of hydrogen-bond acceptors (Lipinski definition) is 7. The third kappa shape index (κ3) is 5.29. The number of alkyl halides is 3. The molecule has 0 saturated heterocycles. The van der Waals surface area contributed by atoms with Crippen molar-refractivity contribution in [3.8, 4) is 11.1 Å². The molecule has 0 bridgehead atoms. The minimum Gasteiger partial charge on any atom is -0.846 e. The molecule has 3 heterocycles. The highest BCUT2D eigenvalue weighted by atomic mass is 19.4. The molecule has 0 unspecified atom stereocenters. The second kappa shape index (κ2) is 9.02. The number of amidine groups is 1. The van der Waals surface area contributed by atoms with Crippen LogP contribution in [0.3, 0.4) is 0 Å². The monoisotopic (exact) mass is 455 g/mol. The lowest BCUT2D eigenvalue weighted by Gasteiger charge is -2.13. The van der Waals surface area contributed by atoms with Gasteiger partial charge in [0.25, 0.3) is 6.20 Å². The number of nitrogens with one attached hydrogen (secondary N) is 1. The van der Waals surface area contributed by atoms with Crippen molar-refractivity contribution in [1.82, 2.24) is 20.2 Å². The van der Waals surface area contributed by atoms with Crippen molar-refractivity contribution in [2.75, 3.05) is 5.32 Å². The molecule has 0 fully saturated rings. The molecule has 9 nitrogen and oxygen atoms in total. The van der Waals surface area contributed by atoms with Crippen LogP contribution in [0.5, 0.6) is 0 Å². The number of nitrogens with zero attached hydrogens (tertiary/aromatic N) is 6. The van der Waals surface area contributed by atoms with E-state index in [1.807, 2.05) is 31.2 Å². The summed E-state index contributed by atoms with van der Waals surface area (Å²) in [5.74, 6) is -0.114. The van der Waals surface area contributed by atoms with Gasteiger partial charge in [0.1, 0.15) is 6.33 Å². The number of aliphatic imine (C=N–C) groups is 1. The summed E-state index contributed by atoms with van der Waals surface area (Å²) in [7, 11) is 0. The number of pyridine rings is 1. The molecular formula is C21H16F3N7O2. The van der Waals surface area contributed by atoms with Crippen LogP contribution in [0, 0.1) is 0 Å². The van der Waals surface area contributed by atoms with E-state index < -0.39 is 17.8 Å². The molecule has 0 aliphatic carbocycles. The third-order valence-corrected chi connectivity index (χ3v) is 4.68. The highest BCUT2D eigenvalue weighted by Gasteiger charge is 2.31. The molecule has 0 aliphatic rings. The van der Waals surface area contributed by atoms with E-state index in [1.54, 1.807) is 12.4 Å². The smallest absolute Gasteiger partial charge is 0.417 e. The molecule has 12 heteroatoms. The van der Waals surface area contributed by atoms with Gasteiger partial charge in [-0.15, -0.1) is 0 Å². The fourth-order valence-corrected chi connectivity index (χ4v) is 2.95. The van der Waals surface area contributed by atoms with Gasteiger partial charge in [0.15, 0.2) is 0 Å². The zero-order chi connectivity index (χ0) is 23.4. The molecule has 0 spiro atoms. The zero-order valence-electron chi connectivity index (χ0n) is 17.1. The Morgan fingerprint density at radius 2 is 1.79 bits per heavy atom. The Hall–Kier alpha value is -4.35. The van der Waals surface area contributed by atoms with Gasteiger partial charge in [-0.25, -0.2) is 15.0 Å². The summed E-state index contributed by atoms with van der Waals surface area (Å²) in [6, 6.07) is 7.27. The van der Waals surface area contributed by atoms with Crippen LogP contribution in [-0.2, 0) is 6.18 Å². The number of benzene rings is 1. The van der Waals surface area contributed by atoms with Crippen LogP contribution in [-0.4, -0.2) is 26.2 Å². The molecule has 1 atom stereocenters. The molecule has 1 N–H and O–H groups in total. The fourth-order valence-electron chi connectivity index (χ4n) is 2.95. The van der Waals surface area contributed by atoms with Crippen LogP contribution in [0.2, 0.25) is 0 Å². The number of halogens is 3. The summed E-state index contributed by atoms with van der Waals surface area (Å²) < 4.78 is 44.8. The second-order valence-corrected chi connectivity index (χ2v) is 6.95. The molecule has 1 aromatic carbocycles. The Kier molecular flexibility index (Phi) is 5.98. The van der Waals surface area contributed by atoms with Gasteiger partial charge in [-0.05, 0) is 16.3 Å². The van der Waals surface area contributed by atoms with E-state index in [0.717, 1.165) is 29.0 Å². The van der Waals surface area contributed by atoms with E-state index in [-0.39, 0.29) is 17.6 Å². The molecule has 0 radical (unpaired) electrons. The van der Waals surface area contributed by atoms with E-state index in [4.69, 9.17) is 4.52 Å². The first-order chi connectivity index (χ1) is 15.8. The van der Waals surface area contributed by atoms with Crippen molar-refractivity contribution in [1.29, 1.82) is 0 Å². The number of hydrogen-bond donors (Lipinski definition) is 1. The van der Waals surface area contributed by atoms with Crippen LogP contribution >= 0.6 is 0 Å². The van der Waals surface area contributed by atoms with E-state index in [9.17, 15) is 18.3 Å². The van der Waals surface area contributed by atoms with Crippen LogP contribution < -0.4 is 15.1 Å². The molecular weight excluding hydrogens is 439 g/mol. The summed E-state index contributed by atoms with van der Waals surface area (Å²) in [6.45, 7) is 1.88. The average Bonchev–Trinajstić information content (AvgIpc) is 3.27. The van der Waals surface area contributed by atoms with Crippen LogP contribution in [0.4, 0.5) is 24.7 Å². The number of aromatic nitrogens is 5. The molecule has 4 aromatic rings. The summed E-state index contributed by atoms with van der Waals surface area (Å²) in [6.07, 6.45) is 3.46. The minimum atomic E-state index is -4.58. The van der Waals surface area contributed by atoms with Gasteiger partial charge in [0.2, 0.25) is 11.3 Å². The Labute approximate surface area is 185 Å². The van der Waals surface area contributed by atoms with Gasteiger partial charge in [-0.3, -0.25) is 9.51 Å². The molecule has 0 amide bonds. The normalized spacial score (nSPS) is 13.0. The highest BCUT2D eigenvalue weighted by Crippen LogP contribution is 2.30. The van der Waals surface area contributed by atoms with Gasteiger partial charge in [0.05, 0.1) is 23.5 Å². The van der Waals surface area contributed by atoms with Crippen molar-refractivity contribution < 1.29 is 27.5 Å². The lowest BCUT2D eigenvalue weighted by molar-refractivity contribution is -0.774. The van der Waals surface area contributed by atoms with Crippen LogP contribution in [0.1, 0.15) is 24.1 Å². The summed E-state index contributed by atoms with van der Waals surface area (Å²) in [5.41, 5.74) is 1.61. The summed E-state index contributed by atoms with van der Waals surface area (Å²) in [4.78, 5) is 15.1. The second-order valence-electron chi connectivity index (χ2n) is 6.95. The van der Waals surface area contributed by atoms with Crippen LogP contribution in [0.25, 0.3) is 11.1 Å². The predicted octanol–water partition coefficient (Wildman–Crippen LogP) is 2.90. The molecule has 33 heavy (non-hydrogen) atoms. The quantitative estimate of drug-likeness (QED) is 0.279. The maximum atomic E-state index is 12.8. The van der Waals surface area contributed by atoms with Gasteiger partial charge in [0, 0.05) is 36.6 Å². The maximum Gasteiger partial charge on any atom is 0.417 e. The van der Waals surface area contributed by atoms with Gasteiger partial charge < -0.3 is 10.4 Å². The molecule has 168 valence electrons. The Balaban J connectivity index is 1.45. The van der Waals surface area contributed by atoms with Gasteiger partial charge in [-0.2, -0.15) is 13.2 Å². The number of anilines is 1. The topological polar surface area (TPSA) is 116 Å². The van der Waals surface area contributed by atoms with E-state index in [2.05, 4.69) is 30.5 Å². The standard InChI is InChI=1S/C21H16F3N7O2/c1-13(14-2-4-15(5-3-14)16-7-26-12-27-8-16)31-11-19(33-30-31)29-20(32)28-18-6-17(9-25-10-18)21(22,23)24/h2-13H,1H3,(H-,28,29,30,32)/t13-/m1/s1. The van der Waals surface area contributed by atoms with Gasteiger partial charge in [-0.1, -0.05) is 24.3 Å². The molecule has 3 aromatic heterocycles. The lowest BCUT2D eigenvalue weighted by Crippen LogP contribution is -2.39. The molecule has 0 aliphatic heterocycles. The van der Waals surface area contributed by atoms with Gasteiger partial charge >= 0.3 is 12.1 Å². The first-order valence-corrected chi connectivity index (χ1v) is 9.58. The zero-order valence-corrected chi connectivity index (χ0v) is 17.1. The minimum absolute atomic E-state index is 0.114. The Morgan fingerprint density at radius 1 is 1.06 bits per heavy atom. The van der Waals surface area contributed by atoms with Crippen molar-refractivity contribution in [2.24, 2.45) is 4.99 Å². The molecule has 0 saturated carbocycles. The Morgan fingerprint density at radius 3 is 2.48 bits per heavy atom. The summed E-state index contributed by atoms with van der Waals surface area (Å²) in [5, 5.41) is 18.2.